The first kappa shape index (κ1) is 19.9. The second-order valence-corrected chi connectivity index (χ2v) is 8.73. The van der Waals surface area contributed by atoms with Crippen LogP contribution in [0.15, 0.2) is 66.7 Å². The molecule has 3 rings (SSSR count). The second kappa shape index (κ2) is 8.02. The molecule has 0 aliphatic rings. The Morgan fingerprint density at radius 3 is 2.25 bits per heavy atom. The summed E-state index contributed by atoms with van der Waals surface area (Å²) in [6.07, 6.45) is 1.47. The first-order chi connectivity index (χ1) is 13.3. The van der Waals surface area contributed by atoms with Gasteiger partial charge in [-0.3, -0.25) is 9.10 Å². The quantitative estimate of drug-likeness (QED) is 0.674. The summed E-state index contributed by atoms with van der Waals surface area (Å²) in [7, 11) is -3.64. The highest BCUT2D eigenvalue weighted by Gasteiger charge is 2.31. The monoisotopic (exact) mass is 396 g/mol. The Morgan fingerprint density at radius 2 is 1.64 bits per heavy atom. The van der Waals surface area contributed by atoms with E-state index >= 15 is 0 Å². The number of carbonyl (C=O) groups excluding carboxylic acids is 1. The number of benzene rings is 3. The van der Waals surface area contributed by atoms with E-state index in [0.29, 0.717) is 17.8 Å². The summed E-state index contributed by atoms with van der Waals surface area (Å²) in [5, 5.41) is 4.95. The van der Waals surface area contributed by atoms with Gasteiger partial charge in [-0.05, 0) is 48.4 Å². The summed E-state index contributed by atoms with van der Waals surface area (Å²) in [5.41, 5.74) is 2.14. The van der Waals surface area contributed by atoms with E-state index in [2.05, 4.69) is 5.32 Å². The molecule has 0 aromatic heterocycles. The van der Waals surface area contributed by atoms with Crippen LogP contribution in [0.1, 0.15) is 18.9 Å². The van der Waals surface area contributed by atoms with Gasteiger partial charge in [0, 0.05) is 5.69 Å². The number of carbonyl (C=O) groups is 1. The Labute approximate surface area is 166 Å². The van der Waals surface area contributed by atoms with Crippen LogP contribution in [-0.4, -0.2) is 26.6 Å². The van der Waals surface area contributed by atoms with Gasteiger partial charge in [0.2, 0.25) is 15.9 Å². The van der Waals surface area contributed by atoms with Crippen LogP contribution in [0.5, 0.6) is 0 Å². The summed E-state index contributed by atoms with van der Waals surface area (Å²) in [5.74, 6) is -0.358. The van der Waals surface area contributed by atoms with Crippen molar-refractivity contribution in [1.82, 2.24) is 0 Å². The van der Waals surface area contributed by atoms with Crippen molar-refractivity contribution in [2.24, 2.45) is 0 Å². The van der Waals surface area contributed by atoms with Crippen LogP contribution in [-0.2, 0) is 14.8 Å². The molecule has 0 bridgehead atoms. The van der Waals surface area contributed by atoms with Gasteiger partial charge in [0.15, 0.2) is 0 Å². The lowest BCUT2D eigenvalue weighted by Gasteiger charge is -2.30. The molecule has 3 aromatic carbocycles. The number of sulfonamides is 1. The lowest BCUT2D eigenvalue weighted by atomic mass is 10.1. The highest BCUT2D eigenvalue weighted by atomic mass is 32.2. The number of nitrogens with one attached hydrogen (secondary N) is 1. The molecule has 0 fully saturated rings. The van der Waals surface area contributed by atoms with E-state index in [-0.39, 0.29) is 5.91 Å². The van der Waals surface area contributed by atoms with Crippen molar-refractivity contribution in [1.29, 1.82) is 0 Å². The van der Waals surface area contributed by atoms with Crippen LogP contribution in [0.2, 0.25) is 0 Å². The third kappa shape index (κ3) is 4.34. The number of rotatable bonds is 6. The fraction of sp³-hybridized carbons (Fsp3) is 0.227. The van der Waals surface area contributed by atoms with Gasteiger partial charge in [0.05, 0.1) is 11.9 Å². The summed E-state index contributed by atoms with van der Waals surface area (Å²) >= 11 is 0. The topological polar surface area (TPSA) is 66.5 Å². The van der Waals surface area contributed by atoms with Crippen LogP contribution in [0.4, 0.5) is 11.4 Å². The minimum absolute atomic E-state index is 0.348. The molecular formula is C22H24N2O3S. The number of hydrogen-bond donors (Lipinski definition) is 1. The van der Waals surface area contributed by atoms with Gasteiger partial charge >= 0.3 is 0 Å². The predicted molar refractivity (Wildman–Crippen MR) is 115 cm³/mol. The van der Waals surface area contributed by atoms with Gasteiger partial charge < -0.3 is 5.32 Å². The van der Waals surface area contributed by atoms with Crippen LogP contribution in [0, 0.1) is 6.92 Å². The van der Waals surface area contributed by atoms with E-state index in [4.69, 9.17) is 0 Å². The van der Waals surface area contributed by atoms with Gasteiger partial charge in [0.25, 0.3) is 0 Å². The predicted octanol–water partition coefficient (Wildman–Crippen LogP) is 4.33. The molecule has 146 valence electrons. The maximum Gasteiger partial charge on any atom is 0.248 e. The average Bonchev–Trinajstić information content (AvgIpc) is 2.66. The molecule has 0 saturated carbocycles. The summed E-state index contributed by atoms with van der Waals surface area (Å²) in [6, 6.07) is 19.8. The Kier molecular flexibility index (Phi) is 5.70. The van der Waals surface area contributed by atoms with Crippen LogP contribution < -0.4 is 9.62 Å². The van der Waals surface area contributed by atoms with Crippen molar-refractivity contribution in [3.63, 3.8) is 0 Å². The summed E-state index contributed by atoms with van der Waals surface area (Å²) in [4.78, 5) is 13.0. The maximum atomic E-state index is 13.0. The third-order valence-electron chi connectivity index (χ3n) is 4.64. The Balaban J connectivity index is 1.92. The normalized spacial score (nSPS) is 12.5. The molecule has 5 nitrogen and oxygen atoms in total. The zero-order chi connectivity index (χ0) is 20.3. The Morgan fingerprint density at radius 1 is 1.00 bits per heavy atom. The van der Waals surface area contributed by atoms with Gasteiger partial charge in [-0.1, -0.05) is 55.0 Å². The van der Waals surface area contributed by atoms with Crippen molar-refractivity contribution >= 4 is 38.1 Å². The molecule has 28 heavy (non-hydrogen) atoms. The summed E-state index contributed by atoms with van der Waals surface area (Å²) in [6.45, 7) is 3.73. The van der Waals surface area contributed by atoms with Crippen molar-refractivity contribution in [2.45, 2.75) is 26.3 Å². The lowest BCUT2D eigenvalue weighted by Crippen LogP contribution is -2.47. The van der Waals surface area contributed by atoms with E-state index in [1.165, 1.54) is 4.31 Å². The van der Waals surface area contributed by atoms with E-state index in [9.17, 15) is 13.2 Å². The zero-order valence-corrected chi connectivity index (χ0v) is 17.0. The highest BCUT2D eigenvalue weighted by Crippen LogP contribution is 2.25. The second-order valence-electron chi connectivity index (χ2n) is 6.87. The van der Waals surface area contributed by atoms with Gasteiger partial charge in [-0.2, -0.15) is 0 Å². The number of nitrogens with zero attached hydrogens (tertiary/aromatic N) is 1. The smallest absolute Gasteiger partial charge is 0.248 e. The standard InChI is InChI=1S/C22H24N2O3S/c1-4-21(24(28(3,26)27)20-13-9-16(2)10-14-20)22(25)23-19-12-11-17-7-5-6-8-18(17)15-19/h5-15,21H,4H2,1-3H3,(H,23,25). The van der Waals surface area contributed by atoms with Gasteiger partial charge in [-0.15, -0.1) is 0 Å². The van der Waals surface area contributed by atoms with Crippen molar-refractivity contribution in [3.8, 4) is 0 Å². The Hall–Kier alpha value is -2.86. The molecule has 0 spiro atoms. The molecule has 6 heteroatoms. The van der Waals surface area contributed by atoms with Crippen molar-refractivity contribution < 1.29 is 13.2 Å². The fourth-order valence-electron chi connectivity index (χ4n) is 3.24. The van der Waals surface area contributed by atoms with Gasteiger partial charge in [0.1, 0.15) is 6.04 Å². The highest BCUT2D eigenvalue weighted by molar-refractivity contribution is 7.92. The zero-order valence-electron chi connectivity index (χ0n) is 16.2. The molecule has 0 radical (unpaired) electrons. The minimum atomic E-state index is -3.64. The van der Waals surface area contributed by atoms with Crippen LogP contribution in [0.25, 0.3) is 10.8 Å². The first-order valence-electron chi connectivity index (χ1n) is 9.15. The fourth-order valence-corrected chi connectivity index (χ4v) is 4.46. The molecule has 1 amide bonds. The molecule has 1 atom stereocenters. The minimum Gasteiger partial charge on any atom is -0.324 e. The largest absolute Gasteiger partial charge is 0.324 e. The summed E-state index contributed by atoms with van der Waals surface area (Å²) < 4.78 is 26.2. The van der Waals surface area contributed by atoms with Gasteiger partial charge in [-0.25, -0.2) is 8.42 Å². The molecule has 3 aromatic rings. The lowest BCUT2D eigenvalue weighted by molar-refractivity contribution is -0.117. The van der Waals surface area contributed by atoms with Crippen molar-refractivity contribution in [3.05, 3.63) is 72.3 Å². The number of aryl methyl sites for hydroxylation is 1. The number of fused-ring (bicyclic) bond motifs is 1. The molecular weight excluding hydrogens is 372 g/mol. The average molecular weight is 397 g/mol. The van der Waals surface area contributed by atoms with Crippen LogP contribution in [0.3, 0.4) is 0 Å². The molecule has 0 aliphatic heterocycles. The molecule has 0 saturated heterocycles. The number of hydrogen-bond acceptors (Lipinski definition) is 3. The number of amides is 1. The molecule has 0 aliphatic carbocycles. The maximum absolute atomic E-state index is 13.0. The molecule has 0 heterocycles. The van der Waals surface area contributed by atoms with E-state index in [1.807, 2.05) is 61.5 Å². The van der Waals surface area contributed by atoms with E-state index in [0.717, 1.165) is 22.6 Å². The van der Waals surface area contributed by atoms with E-state index in [1.54, 1.807) is 19.1 Å². The SMILES string of the molecule is CCC(C(=O)Nc1ccc2ccccc2c1)N(c1ccc(C)cc1)S(C)(=O)=O. The molecule has 1 unspecified atom stereocenters. The first-order valence-corrected chi connectivity index (χ1v) is 11.0. The third-order valence-corrected chi connectivity index (χ3v) is 5.82. The number of anilines is 2. The Bertz CT molecular complexity index is 1090. The van der Waals surface area contributed by atoms with Crippen molar-refractivity contribution in [2.75, 3.05) is 15.9 Å². The van der Waals surface area contributed by atoms with Crippen LogP contribution >= 0.6 is 0 Å². The molecule has 1 N–H and O–H groups in total. The van der Waals surface area contributed by atoms with E-state index < -0.39 is 16.1 Å².